The fourth-order valence-electron chi connectivity index (χ4n) is 3.54. The molecule has 0 bridgehead atoms. The Kier molecular flexibility index (Phi) is 6.86. The van der Waals surface area contributed by atoms with Crippen molar-refractivity contribution in [3.63, 3.8) is 0 Å². The second-order valence-corrected chi connectivity index (χ2v) is 9.14. The Hall–Kier alpha value is -3.42. The van der Waals surface area contributed by atoms with Gasteiger partial charge in [0.25, 0.3) is 11.8 Å². The van der Waals surface area contributed by atoms with E-state index in [0.717, 1.165) is 26.1 Å². The maximum Gasteiger partial charge on any atom is 0.335 e. The molecule has 0 aliphatic carbocycles. The zero-order chi connectivity index (χ0) is 24.4. The molecular weight excluding hydrogens is 520 g/mol. The van der Waals surface area contributed by atoms with Crippen LogP contribution in [0.25, 0.3) is 6.08 Å². The SMILES string of the molecule is Cc1cccc(COc2ccc(Cl)cc2/C=C2/C(=O)NC(=O)N(c3ccc(Br)c(C)c3)C2=O)c1. The Balaban J connectivity index is 1.68. The Morgan fingerprint density at radius 2 is 1.82 bits per heavy atom. The van der Waals surface area contributed by atoms with Crippen LogP contribution in [-0.4, -0.2) is 17.8 Å². The van der Waals surface area contributed by atoms with E-state index >= 15 is 0 Å². The van der Waals surface area contributed by atoms with Crippen molar-refractivity contribution in [3.8, 4) is 5.75 Å². The third kappa shape index (κ3) is 5.05. The topological polar surface area (TPSA) is 75.7 Å². The van der Waals surface area contributed by atoms with Crippen molar-refractivity contribution >= 4 is 57.1 Å². The molecule has 1 aliphatic heterocycles. The van der Waals surface area contributed by atoms with Gasteiger partial charge < -0.3 is 4.74 Å². The zero-order valence-corrected chi connectivity index (χ0v) is 20.7. The monoisotopic (exact) mass is 538 g/mol. The number of urea groups is 1. The van der Waals surface area contributed by atoms with Crippen LogP contribution >= 0.6 is 27.5 Å². The number of carbonyl (C=O) groups is 3. The van der Waals surface area contributed by atoms with Crippen molar-refractivity contribution in [3.05, 3.63) is 98.0 Å². The zero-order valence-electron chi connectivity index (χ0n) is 18.4. The van der Waals surface area contributed by atoms with E-state index in [1.165, 1.54) is 6.08 Å². The molecule has 0 radical (unpaired) electrons. The Labute approximate surface area is 210 Å². The fraction of sp³-hybridized carbons (Fsp3) is 0.115. The predicted octanol–water partition coefficient (Wildman–Crippen LogP) is 5.96. The summed E-state index contributed by atoms with van der Waals surface area (Å²) in [6.45, 7) is 4.13. The molecule has 1 fully saturated rings. The summed E-state index contributed by atoms with van der Waals surface area (Å²) < 4.78 is 6.81. The number of aryl methyl sites for hydroxylation is 2. The van der Waals surface area contributed by atoms with Gasteiger partial charge in [-0.15, -0.1) is 0 Å². The first kappa shape index (κ1) is 23.7. The predicted molar refractivity (Wildman–Crippen MR) is 135 cm³/mol. The first-order valence-corrected chi connectivity index (χ1v) is 11.6. The third-order valence-corrected chi connectivity index (χ3v) is 6.37. The van der Waals surface area contributed by atoms with Gasteiger partial charge in [0.05, 0.1) is 5.69 Å². The number of nitrogens with one attached hydrogen (secondary N) is 1. The third-order valence-electron chi connectivity index (χ3n) is 5.25. The fourth-order valence-corrected chi connectivity index (χ4v) is 3.97. The summed E-state index contributed by atoms with van der Waals surface area (Å²) in [4.78, 5) is 39.3. The van der Waals surface area contributed by atoms with E-state index < -0.39 is 17.8 Å². The quantitative estimate of drug-likeness (QED) is 0.320. The first-order chi connectivity index (χ1) is 16.2. The lowest BCUT2D eigenvalue weighted by Gasteiger charge is -2.27. The maximum absolute atomic E-state index is 13.3. The summed E-state index contributed by atoms with van der Waals surface area (Å²) in [6.07, 6.45) is 1.39. The minimum Gasteiger partial charge on any atom is -0.488 e. The van der Waals surface area contributed by atoms with Gasteiger partial charge in [-0.3, -0.25) is 14.9 Å². The summed E-state index contributed by atoms with van der Waals surface area (Å²) in [6, 6.07) is 17.1. The molecule has 1 N–H and O–H groups in total. The van der Waals surface area contributed by atoms with Gasteiger partial charge in [-0.1, -0.05) is 57.4 Å². The number of hydrogen-bond donors (Lipinski definition) is 1. The van der Waals surface area contributed by atoms with Gasteiger partial charge in [0.15, 0.2) is 0 Å². The summed E-state index contributed by atoms with van der Waals surface area (Å²) in [7, 11) is 0. The lowest BCUT2D eigenvalue weighted by atomic mass is 10.1. The van der Waals surface area contributed by atoms with E-state index in [1.807, 2.05) is 38.1 Å². The van der Waals surface area contributed by atoms with Crippen molar-refractivity contribution in [1.82, 2.24) is 5.32 Å². The molecule has 0 aromatic heterocycles. The molecule has 4 rings (SSSR count). The Morgan fingerprint density at radius 1 is 1.03 bits per heavy atom. The number of barbiturate groups is 1. The molecule has 4 amide bonds. The van der Waals surface area contributed by atoms with Gasteiger partial charge >= 0.3 is 6.03 Å². The van der Waals surface area contributed by atoms with Crippen molar-refractivity contribution in [2.24, 2.45) is 0 Å². The summed E-state index contributed by atoms with van der Waals surface area (Å²) >= 11 is 9.59. The average Bonchev–Trinajstić information content (AvgIpc) is 2.78. The molecule has 1 heterocycles. The van der Waals surface area contributed by atoms with Gasteiger partial charge in [0, 0.05) is 15.1 Å². The second kappa shape index (κ2) is 9.83. The number of anilines is 1. The van der Waals surface area contributed by atoms with E-state index in [1.54, 1.807) is 36.4 Å². The highest BCUT2D eigenvalue weighted by Crippen LogP contribution is 2.30. The molecule has 6 nitrogen and oxygen atoms in total. The lowest BCUT2D eigenvalue weighted by molar-refractivity contribution is -0.122. The Morgan fingerprint density at radius 3 is 2.56 bits per heavy atom. The highest BCUT2D eigenvalue weighted by atomic mass is 79.9. The number of hydrogen-bond acceptors (Lipinski definition) is 4. The van der Waals surface area contributed by atoms with E-state index in [0.29, 0.717) is 28.6 Å². The van der Waals surface area contributed by atoms with Gasteiger partial charge in [0.2, 0.25) is 0 Å². The molecular formula is C26H20BrClN2O4. The van der Waals surface area contributed by atoms with Crippen LogP contribution in [0.4, 0.5) is 10.5 Å². The molecule has 172 valence electrons. The van der Waals surface area contributed by atoms with Gasteiger partial charge in [0.1, 0.15) is 17.9 Å². The largest absolute Gasteiger partial charge is 0.488 e. The van der Waals surface area contributed by atoms with E-state index in [-0.39, 0.29) is 5.57 Å². The highest BCUT2D eigenvalue weighted by Gasteiger charge is 2.37. The minimum atomic E-state index is -0.809. The number of carbonyl (C=O) groups excluding carboxylic acids is 3. The minimum absolute atomic E-state index is 0.206. The number of amides is 4. The van der Waals surface area contributed by atoms with Crippen LogP contribution in [-0.2, 0) is 16.2 Å². The smallest absolute Gasteiger partial charge is 0.335 e. The van der Waals surface area contributed by atoms with Crippen LogP contribution in [0.1, 0.15) is 22.3 Å². The molecule has 0 saturated carbocycles. The van der Waals surface area contributed by atoms with Crippen LogP contribution < -0.4 is 15.0 Å². The van der Waals surface area contributed by atoms with E-state index in [2.05, 4.69) is 21.2 Å². The molecule has 3 aromatic carbocycles. The first-order valence-electron chi connectivity index (χ1n) is 10.4. The van der Waals surface area contributed by atoms with Gasteiger partial charge in [-0.25, -0.2) is 9.69 Å². The van der Waals surface area contributed by atoms with Crippen molar-refractivity contribution in [2.75, 3.05) is 4.90 Å². The van der Waals surface area contributed by atoms with Crippen molar-refractivity contribution < 1.29 is 19.1 Å². The number of halogens is 2. The standard InChI is InChI=1S/C26H20BrClN2O4/c1-15-4-3-5-17(10-15)14-34-23-9-6-19(28)12-18(23)13-21-24(31)29-26(33)30(25(21)32)20-7-8-22(27)16(2)11-20/h3-13H,14H2,1-2H3,(H,29,31,33)/b21-13-. The van der Waals surface area contributed by atoms with Crippen LogP contribution in [0.15, 0.2) is 70.7 Å². The van der Waals surface area contributed by atoms with Crippen LogP contribution in [0.2, 0.25) is 5.02 Å². The van der Waals surface area contributed by atoms with Crippen LogP contribution in [0, 0.1) is 13.8 Å². The van der Waals surface area contributed by atoms with Crippen molar-refractivity contribution in [2.45, 2.75) is 20.5 Å². The Bertz CT molecular complexity index is 1350. The summed E-state index contributed by atoms with van der Waals surface area (Å²) in [5.74, 6) is -1.08. The summed E-state index contributed by atoms with van der Waals surface area (Å²) in [5, 5.41) is 2.65. The number of imide groups is 2. The molecule has 0 atom stereocenters. The van der Waals surface area contributed by atoms with E-state index in [4.69, 9.17) is 16.3 Å². The van der Waals surface area contributed by atoms with Gasteiger partial charge in [-0.05, 0) is 67.4 Å². The van der Waals surface area contributed by atoms with Crippen LogP contribution in [0.5, 0.6) is 5.75 Å². The highest BCUT2D eigenvalue weighted by molar-refractivity contribution is 9.10. The number of ether oxygens (including phenoxy) is 1. The molecule has 8 heteroatoms. The van der Waals surface area contributed by atoms with Crippen molar-refractivity contribution in [1.29, 1.82) is 0 Å². The average molecular weight is 540 g/mol. The molecule has 0 spiro atoms. The number of rotatable bonds is 5. The lowest BCUT2D eigenvalue weighted by Crippen LogP contribution is -2.54. The summed E-state index contributed by atoms with van der Waals surface area (Å²) in [5.41, 5.74) is 3.51. The maximum atomic E-state index is 13.3. The number of nitrogens with zero attached hydrogens (tertiary/aromatic N) is 1. The molecule has 0 unspecified atom stereocenters. The van der Waals surface area contributed by atoms with Gasteiger partial charge in [-0.2, -0.15) is 0 Å². The second-order valence-electron chi connectivity index (χ2n) is 7.85. The molecule has 34 heavy (non-hydrogen) atoms. The van der Waals surface area contributed by atoms with Crippen LogP contribution in [0.3, 0.4) is 0 Å². The normalized spacial score (nSPS) is 15.0. The molecule has 1 saturated heterocycles. The molecule has 1 aliphatic rings. The molecule has 3 aromatic rings. The van der Waals surface area contributed by atoms with E-state index in [9.17, 15) is 14.4 Å². The number of benzene rings is 3.